The Balaban J connectivity index is 2.23. The minimum atomic E-state index is 0.166. The fourth-order valence-corrected chi connectivity index (χ4v) is 3.47. The predicted molar refractivity (Wildman–Crippen MR) is 94.0 cm³/mol. The topological polar surface area (TPSA) is 62.0 Å². The van der Waals surface area contributed by atoms with Crippen LogP contribution in [0.1, 0.15) is 38.8 Å². The van der Waals surface area contributed by atoms with Gasteiger partial charge in [-0.1, -0.05) is 19.9 Å². The molecule has 2 atom stereocenters. The van der Waals surface area contributed by atoms with E-state index in [1.165, 1.54) is 0 Å². The van der Waals surface area contributed by atoms with Gasteiger partial charge < -0.3 is 20.5 Å². The zero-order chi connectivity index (χ0) is 16.8. The summed E-state index contributed by atoms with van der Waals surface area (Å²) in [5.41, 5.74) is 7.25. The highest BCUT2D eigenvalue weighted by molar-refractivity contribution is 5.43. The SMILES string of the molecule is CCOc1cc(C(CN)N2CCN(CC)CC2CC)ccc1O. The standard InChI is InChI=1S/C18H31N3O2/c1-4-15-13-20(5-2)9-10-21(15)16(12-19)14-7-8-17(22)18(11-14)23-6-3/h7-8,11,15-16,22H,4-6,9-10,12-13,19H2,1-3H3. The van der Waals surface area contributed by atoms with Gasteiger partial charge in [-0.25, -0.2) is 0 Å². The molecule has 0 amide bonds. The van der Waals surface area contributed by atoms with Crippen LogP contribution in [0.2, 0.25) is 0 Å². The van der Waals surface area contributed by atoms with Gasteiger partial charge in [0.1, 0.15) is 0 Å². The molecular weight excluding hydrogens is 290 g/mol. The molecule has 0 aliphatic carbocycles. The van der Waals surface area contributed by atoms with Crippen molar-refractivity contribution in [1.82, 2.24) is 9.80 Å². The van der Waals surface area contributed by atoms with Crippen LogP contribution in [-0.4, -0.2) is 60.3 Å². The van der Waals surface area contributed by atoms with E-state index in [1.807, 2.05) is 19.1 Å². The molecule has 1 aromatic rings. The molecule has 0 spiro atoms. The van der Waals surface area contributed by atoms with Gasteiger partial charge >= 0.3 is 0 Å². The second-order valence-electron chi connectivity index (χ2n) is 6.10. The summed E-state index contributed by atoms with van der Waals surface area (Å²) in [6.07, 6.45) is 1.11. The normalized spacial score (nSPS) is 21.3. The van der Waals surface area contributed by atoms with Gasteiger partial charge in [0, 0.05) is 38.3 Å². The maximum Gasteiger partial charge on any atom is 0.161 e. The van der Waals surface area contributed by atoms with Gasteiger partial charge in [0.05, 0.1) is 6.61 Å². The van der Waals surface area contributed by atoms with Gasteiger partial charge in [-0.05, 0) is 37.6 Å². The molecule has 0 radical (unpaired) electrons. The number of nitrogens with zero attached hydrogens (tertiary/aromatic N) is 2. The van der Waals surface area contributed by atoms with Crippen molar-refractivity contribution in [3.05, 3.63) is 23.8 Å². The van der Waals surface area contributed by atoms with Gasteiger partial charge in [-0.3, -0.25) is 4.90 Å². The van der Waals surface area contributed by atoms with Crippen molar-refractivity contribution in [2.75, 3.05) is 39.3 Å². The first-order valence-electron chi connectivity index (χ1n) is 8.78. The number of likely N-dealkylation sites (N-methyl/N-ethyl adjacent to an activating group) is 1. The summed E-state index contributed by atoms with van der Waals surface area (Å²) in [5, 5.41) is 9.92. The van der Waals surface area contributed by atoms with Crippen molar-refractivity contribution in [3.8, 4) is 11.5 Å². The molecule has 0 saturated carbocycles. The van der Waals surface area contributed by atoms with Crippen molar-refractivity contribution in [3.63, 3.8) is 0 Å². The lowest BCUT2D eigenvalue weighted by Crippen LogP contribution is -2.54. The fourth-order valence-electron chi connectivity index (χ4n) is 3.47. The van der Waals surface area contributed by atoms with Crippen LogP contribution in [0.3, 0.4) is 0 Å². The maximum absolute atomic E-state index is 9.92. The summed E-state index contributed by atoms with van der Waals surface area (Å²) in [7, 11) is 0. The Labute approximate surface area is 140 Å². The third-order valence-electron chi connectivity index (χ3n) is 4.82. The molecule has 0 bridgehead atoms. The number of nitrogens with two attached hydrogens (primary N) is 1. The molecule has 1 aromatic carbocycles. The number of aromatic hydroxyl groups is 1. The number of hydrogen-bond acceptors (Lipinski definition) is 5. The van der Waals surface area contributed by atoms with Crippen LogP contribution in [0.5, 0.6) is 11.5 Å². The zero-order valence-corrected chi connectivity index (χ0v) is 14.7. The highest BCUT2D eigenvalue weighted by Crippen LogP contribution is 2.33. The monoisotopic (exact) mass is 321 g/mol. The van der Waals surface area contributed by atoms with Gasteiger partial charge in [0.2, 0.25) is 0 Å². The number of piperazine rings is 1. The number of rotatable bonds is 7. The van der Waals surface area contributed by atoms with Gasteiger partial charge in [-0.2, -0.15) is 0 Å². The van der Waals surface area contributed by atoms with Crippen LogP contribution in [0, 0.1) is 0 Å². The third-order valence-corrected chi connectivity index (χ3v) is 4.82. The lowest BCUT2D eigenvalue weighted by Gasteiger charge is -2.45. The lowest BCUT2D eigenvalue weighted by atomic mass is 9.99. The first-order chi connectivity index (χ1) is 11.1. The van der Waals surface area contributed by atoms with Crippen molar-refractivity contribution < 1.29 is 9.84 Å². The number of ether oxygens (including phenoxy) is 1. The van der Waals surface area contributed by atoms with Crippen molar-refractivity contribution >= 4 is 0 Å². The van der Waals surface area contributed by atoms with Crippen LogP contribution in [-0.2, 0) is 0 Å². The minimum absolute atomic E-state index is 0.166. The fraction of sp³-hybridized carbons (Fsp3) is 0.667. The first-order valence-corrected chi connectivity index (χ1v) is 8.78. The number of benzene rings is 1. The average Bonchev–Trinajstić information content (AvgIpc) is 2.58. The summed E-state index contributed by atoms with van der Waals surface area (Å²) >= 11 is 0. The van der Waals surface area contributed by atoms with Crippen LogP contribution in [0.25, 0.3) is 0 Å². The van der Waals surface area contributed by atoms with E-state index in [0.29, 0.717) is 24.9 Å². The van der Waals surface area contributed by atoms with Crippen molar-refractivity contribution in [1.29, 1.82) is 0 Å². The number of hydrogen-bond donors (Lipinski definition) is 2. The Kier molecular flexibility index (Phi) is 6.69. The van der Waals surface area contributed by atoms with Crippen molar-refractivity contribution in [2.24, 2.45) is 5.73 Å². The quantitative estimate of drug-likeness (QED) is 0.806. The van der Waals surface area contributed by atoms with Crippen LogP contribution < -0.4 is 10.5 Å². The predicted octanol–water partition coefficient (Wildman–Crippen LogP) is 2.21. The van der Waals surface area contributed by atoms with Gasteiger partial charge in [-0.15, -0.1) is 0 Å². The van der Waals surface area contributed by atoms with Gasteiger partial charge in [0.25, 0.3) is 0 Å². The molecule has 1 aliphatic rings. The first kappa shape index (κ1) is 18.0. The van der Waals surface area contributed by atoms with Crippen LogP contribution in [0.4, 0.5) is 0 Å². The average molecular weight is 321 g/mol. The van der Waals surface area contributed by atoms with E-state index in [2.05, 4.69) is 23.6 Å². The smallest absolute Gasteiger partial charge is 0.161 e. The molecule has 1 aliphatic heterocycles. The molecule has 5 heteroatoms. The summed E-state index contributed by atoms with van der Waals surface area (Å²) in [5.74, 6) is 0.734. The molecule has 2 rings (SSSR count). The van der Waals surface area contributed by atoms with Gasteiger partial charge in [0.15, 0.2) is 11.5 Å². The molecular formula is C18H31N3O2. The third kappa shape index (κ3) is 4.16. The Morgan fingerprint density at radius 1 is 1.30 bits per heavy atom. The minimum Gasteiger partial charge on any atom is -0.504 e. The number of phenolic OH excluding ortho intramolecular Hbond substituents is 1. The highest BCUT2D eigenvalue weighted by atomic mass is 16.5. The van der Waals surface area contributed by atoms with E-state index >= 15 is 0 Å². The van der Waals surface area contributed by atoms with E-state index in [4.69, 9.17) is 10.5 Å². The molecule has 130 valence electrons. The summed E-state index contributed by atoms with van der Waals surface area (Å²) in [6.45, 7) is 11.8. The van der Waals surface area contributed by atoms with E-state index in [-0.39, 0.29) is 11.8 Å². The van der Waals surface area contributed by atoms with Crippen LogP contribution >= 0.6 is 0 Å². The Morgan fingerprint density at radius 3 is 2.70 bits per heavy atom. The molecule has 0 aromatic heterocycles. The van der Waals surface area contributed by atoms with Crippen molar-refractivity contribution in [2.45, 2.75) is 39.3 Å². The summed E-state index contributed by atoms with van der Waals surface area (Å²) in [6, 6.07) is 6.30. The maximum atomic E-state index is 9.92. The summed E-state index contributed by atoms with van der Waals surface area (Å²) in [4.78, 5) is 5.02. The Bertz CT molecular complexity index is 495. The number of phenols is 1. The molecule has 23 heavy (non-hydrogen) atoms. The lowest BCUT2D eigenvalue weighted by molar-refractivity contribution is 0.0426. The van der Waals surface area contributed by atoms with E-state index in [0.717, 1.165) is 38.2 Å². The van der Waals surface area contributed by atoms with E-state index < -0.39 is 0 Å². The Hall–Kier alpha value is -1.30. The molecule has 1 saturated heterocycles. The zero-order valence-electron chi connectivity index (χ0n) is 14.7. The van der Waals surface area contributed by atoms with Crippen LogP contribution in [0.15, 0.2) is 18.2 Å². The summed E-state index contributed by atoms with van der Waals surface area (Å²) < 4.78 is 5.53. The Morgan fingerprint density at radius 2 is 2.09 bits per heavy atom. The molecule has 5 nitrogen and oxygen atoms in total. The van der Waals surface area contributed by atoms with E-state index in [9.17, 15) is 5.11 Å². The highest BCUT2D eigenvalue weighted by Gasteiger charge is 2.31. The second kappa shape index (κ2) is 8.52. The largest absolute Gasteiger partial charge is 0.504 e. The molecule has 1 fully saturated rings. The second-order valence-corrected chi connectivity index (χ2v) is 6.10. The molecule has 1 heterocycles. The van der Waals surface area contributed by atoms with E-state index in [1.54, 1.807) is 6.07 Å². The molecule has 2 unspecified atom stereocenters. The molecule has 3 N–H and O–H groups in total.